The Morgan fingerprint density at radius 2 is 2.27 bits per heavy atom. The average molecular weight is 155 g/mol. The van der Waals surface area contributed by atoms with Gasteiger partial charge in [-0.15, -0.1) is 0 Å². The van der Waals surface area contributed by atoms with Crippen LogP contribution in [-0.2, 0) is 9.59 Å². The number of amides is 1. The van der Waals surface area contributed by atoms with Crippen molar-refractivity contribution in [2.24, 2.45) is 17.6 Å². The molecule has 0 heterocycles. The van der Waals surface area contributed by atoms with Crippen LogP contribution in [0.3, 0.4) is 0 Å². The first-order chi connectivity index (χ1) is 5.13. The fourth-order valence-corrected chi connectivity index (χ4v) is 1.59. The Bertz CT molecular complexity index is 189. The highest BCUT2D eigenvalue weighted by atomic mass is 16.1. The van der Waals surface area contributed by atoms with Crippen LogP contribution in [0.4, 0.5) is 0 Å². The summed E-state index contributed by atoms with van der Waals surface area (Å²) in [6.07, 6.45) is 2.21. The molecule has 0 spiro atoms. The molecular weight excluding hydrogens is 142 g/mol. The molecule has 2 atom stereocenters. The van der Waals surface area contributed by atoms with E-state index in [0.29, 0.717) is 6.42 Å². The first kappa shape index (κ1) is 8.24. The largest absolute Gasteiger partial charge is 0.369 e. The van der Waals surface area contributed by atoms with E-state index >= 15 is 0 Å². The maximum absolute atomic E-state index is 11.1. The van der Waals surface area contributed by atoms with Gasteiger partial charge < -0.3 is 5.73 Å². The molecule has 0 aromatic carbocycles. The van der Waals surface area contributed by atoms with Crippen molar-refractivity contribution in [3.8, 4) is 0 Å². The van der Waals surface area contributed by atoms with Crippen LogP contribution in [0.15, 0.2) is 0 Å². The quantitative estimate of drug-likeness (QED) is 0.598. The monoisotopic (exact) mass is 155 g/mol. The van der Waals surface area contributed by atoms with Gasteiger partial charge in [0.15, 0.2) is 0 Å². The Hall–Kier alpha value is -0.860. The molecule has 11 heavy (non-hydrogen) atoms. The van der Waals surface area contributed by atoms with Gasteiger partial charge >= 0.3 is 0 Å². The standard InChI is InChI=1S/C8H13NO2/c1-5-6(8(9)11)3-2-4-7(5)10/h5-6H,2-4H2,1H3,(H2,9,11). The van der Waals surface area contributed by atoms with E-state index in [1.54, 1.807) is 6.92 Å². The smallest absolute Gasteiger partial charge is 0.221 e. The molecule has 3 nitrogen and oxygen atoms in total. The Balaban J connectivity index is 2.65. The predicted octanol–water partition coefficient (Wildman–Crippen LogP) is 0.477. The van der Waals surface area contributed by atoms with Crippen molar-refractivity contribution < 1.29 is 9.59 Å². The third-order valence-corrected chi connectivity index (χ3v) is 2.42. The van der Waals surface area contributed by atoms with E-state index in [4.69, 9.17) is 5.73 Å². The van der Waals surface area contributed by atoms with E-state index in [1.165, 1.54) is 0 Å². The maximum Gasteiger partial charge on any atom is 0.221 e. The lowest BCUT2D eigenvalue weighted by molar-refractivity contribution is -0.133. The molecule has 1 amide bonds. The Morgan fingerprint density at radius 1 is 1.64 bits per heavy atom. The van der Waals surface area contributed by atoms with E-state index in [2.05, 4.69) is 0 Å². The molecule has 62 valence electrons. The minimum Gasteiger partial charge on any atom is -0.369 e. The SMILES string of the molecule is CC1C(=O)CCCC1C(N)=O. The number of primary amides is 1. The van der Waals surface area contributed by atoms with Gasteiger partial charge in [0.2, 0.25) is 5.91 Å². The summed E-state index contributed by atoms with van der Waals surface area (Å²) in [5.74, 6) is -0.511. The third-order valence-electron chi connectivity index (χ3n) is 2.42. The van der Waals surface area contributed by atoms with E-state index in [-0.39, 0.29) is 23.5 Å². The molecule has 0 aromatic rings. The summed E-state index contributed by atoms with van der Waals surface area (Å²) in [7, 11) is 0. The molecule has 0 saturated heterocycles. The van der Waals surface area contributed by atoms with Crippen LogP contribution in [0.25, 0.3) is 0 Å². The van der Waals surface area contributed by atoms with Crippen molar-refractivity contribution in [1.29, 1.82) is 0 Å². The number of ketones is 1. The highest BCUT2D eigenvalue weighted by molar-refractivity contribution is 5.88. The van der Waals surface area contributed by atoms with Crippen LogP contribution >= 0.6 is 0 Å². The maximum atomic E-state index is 11.1. The molecule has 2 unspecified atom stereocenters. The van der Waals surface area contributed by atoms with Gasteiger partial charge in [0.05, 0.1) is 0 Å². The lowest BCUT2D eigenvalue weighted by Crippen LogP contribution is -2.35. The van der Waals surface area contributed by atoms with E-state index < -0.39 is 0 Å². The molecule has 0 aromatic heterocycles. The van der Waals surface area contributed by atoms with Crippen LogP contribution in [0, 0.1) is 11.8 Å². The van der Waals surface area contributed by atoms with Gasteiger partial charge in [0, 0.05) is 18.3 Å². The Morgan fingerprint density at radius 3 is 2.73 bits per heavy atom. The Labute approximate surface area is 66.0 Å². The van der Waals surface area contributed by atoms with Crippen molar-refractivity contribution >= 4 is 11.7 Å². The third kappa shape index (κ3) is 1.59. The minimum atomic E-state index is -0.328. The summed E-state index contributed by atoms with van der Waals surface area (Å²) < 4.78 is 0. The molecule has 0 bridgehead atoms. The van der Waals surface area contributed by atoms with E-state index in [1.807, 2.05) is 0 Å². The van der Waals surface area contributed by atoms with Crippen molar-refractivity contribution in [2.75, 3.05) is 0 Å². The van der Waals surface area contributed by atoms with Gasteiger partial charge in [-0.05, 0) is 12.8 Å². The topological polar surface area (TPSA) is 60.2 Å². The second kappa shape index (κ2) is 3.03. The summed E-state index contributed by atoms with van der Waals surface area (Å²) in [6, 6.07) is 0. The van der Waals surface area contributed by atoms with Gasteiger partial charge in [0.25, 0.3) is 0 Å². The van der Waals surface area contributed by atoms with Crippen LogP contribution < -0.4 is 5.73 Å². The van der Waals surface area contributed by atoms with Crippen LogP contribution in [-0.4, -0.2) is 11.7 Å². The highest BCUT2D eigenvalue weighted by Gasteiger charge is 2.31. The van der Waals surface area contributed by atoms with Gasteiger partial charge in [-0.3, -0.25) is 9.59 Å². The van der Waals surface area contributed by atoms with E-state index in [0.717, 1.165) is 12.8 Å². The zero-order valence-corrected chi connectivity index (χ0v) is 6.67. The summed E-state index contributed by atoms with van der Waals surface area (Å²) >= 11 is 0. The second-order valence-electron chi connectivity index (χ2n) is 3.16. The first-order valence-electron chi connectivity index (χ1n) is 3.95. The van der Waals surface area contributed by atoms with Gasteiger partial charge in [0.1, 0.15) is 5.78 Å². The lowest BCUT2D eigenvalue weighted by atomic mass is 9.79. The van der Waals surface area contributed by atoms with Crippen LogP contribution in [0.1, 0.15) is 26.2 Å². The molecule has 1 fully saturated rings. The van der Waals surface area contributed by atoms with Crippen molar-refractivity contribution in [1.82, 2.24) is 0 Å². The molecule has 0 aliphatic heterocycles. The van der Waals surface area contributed by atoms with Crippen molar-refractivity contribution in [3.05, 3.63) is 0 Å². The highest BCUT2D eigenvalue weighted by Crippen LogP contribution is 2.26. The predicted molar refractivity (Wildman–Crippen MR) is 40.7 cm³/mol. The zero-order chi connectivity index (χ0) is 8.43. The lowest BCUT2D eigenvalue weighted by Gasteiger charge is -2.24. The summed E-state index contributed by atoms with van der Waals surface area (Å²) in [5.41, 5.74) is 5.13. The fraction of sp³-hybridized carbons (Fsp3) is 0.750. The number of hydrogen-bond donors (Lipinski definition) is 1. The zero-order valence-electron chi connectivity index (χ0n) is 6.67. The summed E-state index contributed by atoms with van der Waals surface area (Å²) in [6.45, 7) is 1.79. The molecule has 3 heteroatoms. The Kier molecular flexibility index (Phi) is 2.27. The number of nitrogens with two attached hydrogens (primary N) is 1. The number of carbonyl (C=O) groups excluding carboxylic acids is 2. The fourth-order valence-electron chi connectivity index (χ4n) is 1.59. The molecule has 1 aliphatic rings. The van der Waals surface area contributed by atoms with Gasteiger partial charge in [-0.2, -0.15) is 0 Å². The molecule has 1 saturated carbocycles. The normalized spacial score (nSPS) is 31.9. The molecule has 1 rings (SSSR count). The van der Waals surface area contributed by atoms with Crippen LogP contribution in [0.2, 0.25) is 0 Å². The second-order valence-corrected chi connectivity index (χ2v) is 3.16. The summed E-state index contributed by atoms with van der Waals surface area (Å²) in [4.78, 5) is 21.9. The van der Waals surface area contributed by atoms with Crippen LogP contribution in [0.5, 0.6) is 0 Å². The number of hydrogen-bond acceptors (Lipinski definition) is 2. The van der Waals surface area contributed by atoms with Crippen molar-refractivity contribution in [3.63, 3.8) is 0 Å². The number of rotatable bonds is 1. The van der Waals surface area contributed by atoms with Gasteiger partial charge in [-0.25, -0.2) is 0 Å². The molecular formula is C8H13NO2. The van der Waals surface area contributed by atoms with E-state index in [9.17, 15) is 9.59 Å². The first-order valence-corrected chi connectivity index (χ1v) is 3.95. The molecule has 0 radical (unpaired) electrons. The minimum absolute atomic E-state index is 0.152. The summed E-state index contributed by atoms with van der Waals surface area (Å²) in [5, 5.41) is 0. The molecule has 2 N–H and O–H groups in total. The molecule has 1 aliphatic carbocycles. The van der Waals surface area contributed by atoms with Gasteiger partial charge in [-0.1, -0.05) is 6.92 Å². The number of Topliss-reactive ketones (excluding diaryl/α,β-unsaturated/α-hetero) is 1. The number of carbonyl (C=O) groups is 2. The average Bonchev–Trinajstić information content (AvgIpc) is 1.94. The van der Waals surface area contributed by atoms with Crippen molar-refractivity contribution in [2.45, 2.75) is 26.2 Å².